The molecule has 294 valence electrons. The van der Waals surface area contributed by atoms with E-state index in [4.69, 9.17) is 0 Å². The van der Waals surface area contributed by atoms with Crippen molar-refractivity contribution >= 4 is 62.1 Å². The second-order valence-electron chi connectivity index (χ2n) is 16.4. The fraction of sp³-hybridized carbons (Fsp3) is 0.380. The van der Waals surface area contributed by atoms with E-state index in [0.29, 0.717) is 30.9 Å². The molecular formula is C50H56N4O3. The monoisotopic (exact) mass is 760 g/mol. The Kier molecular flexibility index (Phi) is 10.7. The number of allylic oxidation sites excluding steroid dienone is 4. The van der Waals surface area contributed by atoms with Gasteiger partial charge in [0.2, 0.25) is 0 Å². The number of aromatic nitrogens is 1. The first-order chi connectivity index (χ1) is 27.7. The Morgan fingerprint density at radius 2 is 1.42 bits per heavy atom. The minimum atomic E-state index is -0.628. The summed E-state index contributed by atoms with van der Waals surface area (Å²) in [5, 5.41) is 9.91. The van der Waals surface area contributed by atoms with Crippen LogP contribution < -0.4 is 15.6 Å². The third-order valence-electron chi connectivity index (χ3n) is 13.0. The van der Waals surface area contributed by atoms with Crippen LogP contribution in [0.3, 0.4) is 0 Å². The number of carbonyl (C=O) groups excluding carboxylic acids is 3. The standard InChI is InChI=1S/C50H56N4O3/c1-7-10-11-16-33(6)54-49(56)47(48(55)51-50(54)57)44-36(27-29-40-38-21-12-17-34-19-14-23-42(45(34)38)52(40)31(4)8-2)25-26-37(44)28-30-41-39-22-13-18-35-20-15-24-43(46(35)39)53(41)32(5)9-3/h12-15,17-24,27-29,31-33,41H,7-11,16,25-26,30H2,1-6H3,(H,51,55,57)/b36-27+,37-28+,40-29+,47-44-. The average molecular weight is 761 g/mol. The van der Waals surface area contributed by atoms with E-state index in [1.165, 1.54) is 48.6 Å². The Morgan fingerprint density at radius 3 is 2.16 bits per heavy atom. The number of barbiturate groups is 1. The molecule has 0 radical (unpaired) electrons. The largest absolute Gasteiger partial charge is 0.361 e. The molecular weight excluding hydrogens is 705 g/mol. The number of benzene rings is 4. The number of anilines is 1. The third kappa shape index (κ3) is 6.59. The number of carbonyl (C=O) groups is 3. The number of hydrogen-bond donors (Lipinski definition) is 1. The summed E-state index contributed by atoms with van der Waals surface area (Å²) in [7, 11) is 0. The number of hydrogen-bond acceptors (Lipinski definition) is 4. The van der Waals surface area contributed by atoms with Gasteiger partial charge in [-0.2, -0.15) is 0 Å². The molecule has 0 spiro atoms. The molecule has 7 nitrogen and oxygen atoms in total. The van der Waals surface area contributed by atoms with Crippen LogP contribution in [0.1, 0.15) is 117 Å². The van der Waals surface area contributed by atoms with Crippen molar-refractivity contribution < 1.29 is 14.4 Å². The van der Waals surface area contributed by atoms with E-state index < -0.39 is 17.8 Å². The van der Waals surface area contributed by atoms with Gasteiger partial charge in [0.25, 0.3) is 11.8 Å². The summed E-state index contributed by atoms with van der Waals surface area (Å²) in [4.78, 5) is 45.9. The van der Waals surface area contributed by atoms with Gasteiger partial charge in [-0.3, -0.25) is 19.8 Å². The SMILES string of the molecule is CCCCCC(C)N1C(=O)NC(=O)/C(=C2C(=C\C=c3/c4cccc5cccc(c54)n3C(C)CC)\CCC\2=C/CC2c3cccc4cccc(c34)N2C(C)CC)C1=O. The van der Waals surface area contributed by atoms with Crippen LogP contribution in [0, 0.1) is 0 Å². The lowest BCUT2D eigenvalue weighted by atomic mass is 9.93. The van der Waals surface area contributed by atoms with Gasteiger partial charge in [-0.1, -0.05) is 113 Å². The summed E-state index contributed by atoms with van der Waals surface area (Å²) >= 11 is 0. The number of nitrogens with zero attached hydrogens (tertiary/aromatic N) is 3. The van der Waals surface area contributed by atoms with Crippen LogP contribution in [-0.4, -0.2) is 39.4 Å². The predicted molar refractivity (Wildman–Crippen MR) is 234 cm³/mol. The smallest absolute Gasteiger partial charge is 0.331 e. The zero-order chi connectivity index (χ0) is 40.0. The third-order valence-corrected chi connectivity index (χ3v) is 13.0. The number of unbranched alkanes of at least 4 members (excludes halogenated alkanes) is 2. The van der Waals surface area contributed by atoms with Gasteiger partial charge >= 0.3 is 6.03 Å². The molecule has 3 heterocycles. The Labute approximate surface area is 336 Å². The first-order valence-electron chi connectivity index (χ1n) is 21.3. The highest BCUT2D eigenvalue weighted by Crippen LogP contribution is 2.48. The van der Waals surface area contributed by atoms with Crippen molar-refractivity contribution in [2.75, 3.05) is 4.90 Å². The topological polar surface area (TPSA) is 74.7 Å². The molecule has 7 heteroatoms. The number of nitrogens with one attached hydrogen (secondary N) is 1. The molecule has 1 aliphatic carbocycles. The zero-order valence-corrected chi connectivity index (χ0v) is 34.4. The molecule has 5 aromatic rings. The molecule has 2 aliphatic heterocycles. The van der Waals surface area contributed by atoms with Crippen LogP contribution in [0.4, 0.5) is 10.5 Å². The van der Waals surface area contributed by atoms with Gasteiger partial charge in [0.05, 0.1) is 6.04 Å². The highest BCUT2D eigenvalue weighted by atomic mass is 16.2. The summed E-state index contributed by atoms with van der Waals surface area (Å²) in [6.45, 7) is 13.1. The van der Waals surface area contributed by atoms with Crippen molar-refractivity contribution in [2.45, 2.75) is 123 Å². The second-order valence-corrected chi connectivity index (χ2v) is 16.4. The number of rotatable bonds is 12. The summed E-state index contributed by atoms with van der Waals surface area (Å²) in [5.41, 5.74) is 6.50. The molecule has 4 atom stereocenters. The molecule has 1 aromatic heterocycles. The molecule has 4 aromatic carbocycles. The van der Waals surface area contributed by atoms with Crippen LogP contribution >= 0.6 is 0 Å². The number of imide groups is 2. The fourth-order valence-corrected chi connectivity index (χ4v) is 9.78. The van der Waals surface area contributed by atoms with E-state index >= 15 is 0 Å². The summed E-state index contributed by atoms with van der Waals surface area (Å²) in [5.74, 6) is -1.10. The van der Waals surface area contributed by atoms with Crippen LogP contribution in [0.15, 0.2) is 107 Å². The molecule has 1 N–H and O–H groups in total. The molecule has 1 saturated heterocycles. The van der Waals surface area contributed by atoms with Crippen LogP contribution in [0.2, 0.25) is 0 Å². The first-order valence-corrected chi connectivity index (χ1v) is 21.3. The fourth-order valence-electron chi connectivity index (χ4n) is 9.78. The molecule has 3 aliphatic rings. The van der Waals surface area contributed by atoms with Gasteiger partial charge in [0.1, 0.15) is 5.57 Å². The second kappa shape index (κ2) is 15.8. The number of amides is 4. The Balaban J connectivity index is 1.28. The van der Waals surface area contributed by atoms with Gasteiger partial charge in [-0.05, 0) is 111 Å². The molecule has 2 fully saturated rings. The van der Waals surface area contributed by atoms with Gasteiger partial charge in [0, 0.05) is 50.8 Å². The maximum atomic E-state index is 14.6. The van der Waals surface area contributed by atoms with E-state index in [1.54, 1.807) is 0 Å². The quantitative estimate of drug-likeness (QED) is 0.0781. The Bertz CT molecular complexity index is 2540. The van der Waals surface area contributed by atoms with E-state index in [1.807, 2.05) is 6.92 Å². The lowest BCUT2D eigenvalue weighted by Gasteiger charge is -2.34. The van der Waals surface area contributed by atoms with Crippen molar-refractivity contribution in [3.05, 3.63) is 118 Å². The highest BCUT2D eigenvalue weighted by molar-refractivity contribution is 6.30. The molecule has 4 amide bonds. The van der Waals surface area contributed by atoms with E-state index in [0.717, 1.165) is 55.0 Å². The lowest BCUT2D eigenvalue weighted by Crippen LogP contribution is -2.57. The van der Waals surface area contributed by atoms with Crippen LogP contribution in [-0.2, 0) is 9.59 Å². The Hall–Kier alpha value is -5.43. The van der Waals surface area contributed by atoms with Crippen molar-refractivity contribution in [1.29, 1.82) is 0 Å². The van der Waals surface area contributed by atoms with Gasteiger partial charge < -0.3 is 9.47 Å². The lowest BCUT2D eigenvalue weighted by molar-refractivity contribution is -0.131. The highest BCUT2D eigenvalue weighted by Gasteiger charge is 2.42. The molecule has 0 bridgehead atoms. The minimum absolute atomic E-state index is 0.0801. The van der Waals surface area contributed by atoms with Gasteiger partial charge in [0.15, 0.2) is 0 Å². The average Bonchev–Trinajstić information content (AvgIpc) is 3.87. The van der Waals surface area contributed by atoms with Gasteiger partial charge in [-0.15, -0.1) is 0 Å². The number of urea groups is 1. The molecule has 57 heavy (non-hydrogen) atoms. The van der Waals surface area contributed by atoms with Crippen molar-refractivity contribution in [3.63, 3.8) is 0 Å². The normalized spacial score (nSPS) is 22.0. The van der Waals surface area contributed by atoms with Crippen molar-refractivity contribution in [3.8, 4) is 0 Å². The van der Waals surface area contributed by atoms with E-state index in [2.05, 4.69) is 140 Å². The summed E-state index contributed by atoms with van der Waals surface area (Å²) < 4.78 is 2.44. The van der Waals surface area contributed by atoms with E-state index in [9.17, 15) is 14.4 Å². The molecule has 1 saturated carbocycles. The van der Waals surface area contributed by atoms with Crippen molar-refractivity contribution in [2.24, 2.45) is 0 Å². The maximum absolute atomic E-state index is 14.6. The predicted octanol–water partition coefficient (Wildman–Crippen LogP) is 11.2. The maximum Gasteiger partial charge on any atom is 0.331 e. The summed E-state index contributed by atoms with van der Waals surface area (Å²) in [6, 6.07) is 25.9. The summed E-state index contributed by atoms with van der Waals surface area (Å²) in [6.07, 6.45) is 14.4. The zero-order valence-electron chi connectivity index (χ0n) is 34.4. The van der Waals surface area contributed by atoms with Crippen LogP contribution in [0.25, 0.3) is 38.5 Å². The molecule has 8 rings (SSSR count). The van der Waals surface area contributed by atoms with Gasteiger partial charge in [-0.25, -0.2) is 4.79 Å². The van der Waals surface area contributed by atoms with Crippen molar-refractivity contribution in [1.82, 2.24) is 14.8 Å². The molecule has 4 unspecified atom stereocenters. The minimum Gasteiger partial charge on any atom is -0.361 e. The van der Waals surface area contributed by atoms with E-state index in [-0.39, 0.29) is 23.7 Å². The Morgan fingerprint density at radius 1 is 0.737 bits per heavy atom. The first kappa shape index (κ1) is 38.4. The van der Waals surface area contributed by atoms with Crippen LogP contribution in [0.5, 0.6) is 0 Å².